The van der Waals surface area contributed by atoms with E-state index in [0.717, 1.165) is 17.0 Å². The van der Waals surface area contributed by atoms with Gasteiger partial charge in [0.05, 0.1) is 15.6 Å². The van der Waals surface area contributed by atoms with Crippen molar-refractivity contribution in [3.63, 3.8) is 0 Å². The predicted molar refractivity (Wildman–Crippen MR) is 171 cm³/mol. The number of nitrogens with zero attached hydrogens (tertiary/aromatic N) is 2. The van der Waals surface area contributed by atoms with Gasteiger partial charge in [0, 0.05) is 52.1 Å². The third-order valence-corrected chi connectivity index (χ3v) is 9.82. The predicted octanol–water partition coefficient (Wildman–Crippen LogP) is 4.15. The van der Waals surface area contributed by atoms with Gasteiger partial charge in [-0.3, -0.25) is 14.2 Å². The van der Waals surface area contributed by atoms with E-state index in [1.165, 1.54) is 29.0 Å². The summed E-state index contributed by atoms with van der Waals surface area (Å²) in [6.45, 7) is 1.07. The number of hydrogen-bond donors (Lipinski definition) is 4. The Labute approximate surface area is 259 Å². The third-order valence-electron chi connectivity index (χ3n) is 5.90. The number of pyridine rings is 1. The number of amides is 3. The van der Waals surface area contributed by atoms with Crippen molar-refractivity contribution in [1.82, 2.24) is 19.5 Å². The van der Waals surface area contributed by atoms with Gasteiger partial charge >= 0.3 is 6.03 Å². The topological polar surface area (TPSA) is 142 Å². The number of nitrogens with one attached hydrogen (secondary N) is 4. The summed E-state index contributed by atoms with van der Waals surface area (Å²) in [5.74, 6) is -0.322. The van der Waals surface area contributed by atoms with Crippen molar-refractivity contribution in [2.24, 2.45) is 0 Å². The lowest BCUT2D eigenvalue weighted by Crippen LogP contribution is -2.34. The zero-order valence-corrected chi connectivity index (χ0v) is 26.7. The molecule has 2 aromatic carbocycles. The normalized spacial score (nSPS) is 11.5. The van der Waals surface area contributed by atoms with E-state index in [2.05, 4.69) is 16.0 Å². The van der Waals surface area contributed by atoms with Gasteiger partial charge in [-0.1, -0.05) is 11.6 Å². The number of aromatic nitrogens is 1. The maximum absolute atomic E-state index is 13.6. The van der Waals surface area contributed by atoms with Crippen LogP contribution in [0.1, 0.15) is 10.4 Å². The molecule has 0 aliphatic heterocycles. The van der Waals surface area contributed by atoms with Crippen LogP contribution in [-0.2, 0) is 10.0 Å². The summed E-state index contributed by atoms with van der Waals surface area (Å²) in [4.78, 5) is 41.2. The minimum Gasteiger partial charge on any atom is -0.388 e. The van der Waals surface area contributed by atoms with Crippen molar-refractivity contribution in [3.05, 3.63) is 78.6 Å². The Kier molecular flexibility index (Phi) is 9.59. The van der Waals surface area contributed by atoms with Crippen LogP contribution >= 0.6 is 45.5 Å². The van der Waals surface area contributed by atoms with E-state index in [1.54, 1.807) is 37.4 Å². The van der Waals surface area contributed by atoms with Gasteiger partial charge in [-0.25, -0.2) is 17.9 Å². The Morgan fingerprint density at radius 3 is 2.41 bits per heavy atom. The minimum absolute atomic E-state index is 0.0957. The zero-order valence-electron chi connectivity index (χ0n) is 22.1. The zero-order chi connectivity index (χ0) is 29.9. The molecule has 4 aromatic rings. The summed E-state index contributed by atoms with van der Waals surface area (Å²) in [5, 5.41) is 9.30. The first-order chi connectivity index (χ1) is 19.4. The Morgan fingerprint density at radius 2 is 1.78 bits per heavy atom. The summed E-state index contributed by atoms with van der Waals surface area (Å²) in [5.41, 5.74) is 1.52. The first-order valence-electron chi connectivity index (χ1n) is 12.1. The van der Waals surface area contributed by atoms with Gasteiger partial charge in [0.1, 0.15) is 4.21 Å². The number of carbonyl (C=O) groups excluding carboxylic acids is 2. The fraction of sp³-hybridized carbons (Fsp3) is 0.192. The highest BCUT2D eigenvalue weighted by Crippen LogP contribution is 2.27. The van der Waals surface area contributed by atoms with Gasteiger partial charge < -0.3 is 20.9 Å². The smallest absolute Gasteiger partial charge is 0.333 e. The van der Waals surface area contributed by atoms with Crippen LogP contribution in [0.25, 0.3) is 16.5 Å². The highest BCUT2D eigenvalue weighted by molar-refractivity contribution is 14.1. The first kappa shape index (κ1) is 30.8. The Morgan fingerprint density at radius 1 is 1.05 bits per heavy atom. The summed E-state index contributed by atoms with van der Waals surface area (Å²) in [6.07, 6.45) is 1.51. The number of hydrogen-bond acceptors (Lipinski definition) is 8. The van der Waals surface area contributed by atoms with Crippen LogP contribution in [0.2, 0.25) is 4.34 Å². The summed E-state index contributed by atoms with van der Waals surface area (Å²) in [6, 6.07) is 11.7. The van der Waals surface area contributed by atoms with Crippen LogP contribution in [-0.4, -0.2) is 64.1 Å². The molecule has 0 aliphatic rings. The van der Waals surface area contributed by atoms with E-state index < -0.39 is 16.1 Å². The van der Waals surface area contributed by atoms with Crippen molar-refractivity contribution in [2.75, 3.05) is 44.9 Å². The van der Waals surface area contributed by atoms with Crippen molar-refractivity contribution >= 4 is 89.6 Å². The van der Waals surface area contributed by atoms with Crippen molar-refractivity contribution in [3.8, 4) is 5.69 Å². The number of carbonyl (C=O) groups is 2. The SMILES string of the molecule is CNc1ccc2c(=O)n(-c3ccc(NC(=O)NS(=O)(=O)c4ccc(Cl)s4)cc3I)cc(C(=O)NCCN(C)C)c2c1. The number of halogens is 2. The lowest BCUT2D eigenvalue weighted by atomic mass is 10.1. The van der Waals surface area contributed by atoms with Crippen LogP contribution in [0.5, 0.6) is 0 Å². The molecule has 216 valence electrons. The number of benzene rings is 2. The number of fused-ring (bicyclic) bond motifs is 1. The van der Waals surface area contributed by atoms with Gasteiger partial charge in [0.25, 0.3) is 21.5 Å². The van der Waals surface area contributed by atoms with Crippen molar-refractivity contribution in [2.45, 2.75) is 4.21 Å². The van der Waals surface area contributed by atoms with E-state index in [4.69, 9.17) is 11.6 Å². The standard InChI is InChI=1S/C26H26ClIN6O5S2/c1-29-15-4-6-17-18(12-15)19(24(35)30-10-11-33(2)3)14-34(25(17)36)21-7-5-16(13-20(21)28)31-26(37)32-41(38,39)23-9-8-22(27)40-23/h4-9,12-14,29H,10-11H2,1-3H3,(H,30,35)(H2,31,32,37). The van der Waals surface area contributed by atoms with Crippen molar-refractivity contribution < 1.29 is 18.0 Å². The molecule has 0 aliphatic carbocycles. The van der Waals surface area contributed by atoms with Crippen LogP contribution in [0, 0.1) is 3.57 Å². The van der Waals surface area contributed by atoms with Crippen LogP contribution in [0.15, 0.2) is 63.7 Å². The molecule has 3 amide bonds. The number of anilines is 2. The number of thiophene rings is 1. The van der Waals surface area contributed by atoms with Gasteiger partial charge in [0.2, 0.25) is 0 Å². The second-order valence-corrected chi connectivity index (χ2v) is 13.9. The number of rotatable bonds is 9. The molecule has 0 radical (unpaired) electrons. The molecule has 15 heteroatoms. The highest BCUT2D eigenvalue weighted by atomic mass is 127. The Hall–Kier alpha value is -3.18. The van der Waals surface area contributed by atoms with Crippen molar-refractivity contribution in [1.29, 1.82) is 0 Å². The molecule has 0 unspecified atom stereocenters. The highest BCUT2D eigenvalue weighted by Gasteiger charge is 2.21. The van der Waals surface area contributed by atoms with E-state index in [0.29, 0.717) is 44.4 Å². The maximum Gasteiger partial charge on any atom is 0.333 e. The molecule has 4 N–H and O–H groups in total. The average Bonchev–Trinajstić information content (AvgIpc) is 3.36. The molecule has 2 heterocycles. The molecule has 0 atom stereocenters. The quantitative estimate of drug-likeness (QED) is 0.190. The second-order valence-electron chi connectivity index (χ2n) is 9.07. The molecule has 11 nitrogen and oxygen atoms in total. The second kappa shape index (κ2) is 12.8. The Bertz CT molecular complexity index is 1810. The summed E-state index contributed by atoms with van der Waals surface area (Å²) in [7, 11) is 1.47. The van der Waals surface area contributed by atoms with E-state index >= 15 is 0 Å². The third kappa shape index (κ3) is 7.19. The molecule has 2 aromatic heterocycles. The van der Waals surface area contributed by atoms with Gasteiger partial charge in [-0.2, -0.15) is 0 Å². The molecule has 4 rings (SSSR count). The van der Waals surface area contributed by atoms with Gasteiger partial charge in [0.15, 0.2) is 0 Å². The molecule has 41 heavy (non-hydrogen) atoms. The van der Waals surface area contributed by atoms with Crippen LogP contribution in [0.4, 0.5) is 16.2 Å². The van der Waals surface area contributed by atoms with Gasteiger partial charge in [-0.15, -0.1) is 11.3 Å². The average molecular weight is 729 g/mol. The molecule has 0 bridgehead atoms. The maximum atomic E-state index is 13.6. The largest absolute Gasteiger partial charge is 0.388 e. The lowest BCUT2D eigenvalue weighted by molar-refractivity contribution is 0.0952. The molecular weight excluding hydrogens is 703 g/mol. The molecular formula is C26H26ClIN6O5S2. The van der Waals surface area contributed by atoms with E-state index in [-0.39, 0.29) is 20.0 Å². The molecule has 0 saturated heterocycles. The molecule has 0 saturated carbocycles. The van der Waals surface area contributed by atoms with Crippen LogP contribution in [0.3, 0.4) is 0 Å². The fourth-order valence-corrected chi connectivity index (χ4v) is 7.06. The van der Waals surface area contributed by atoms with E-state index in [9.17, 15) is 22.8 Å². The minimum atomic E-state index is -4.10. The first-order valence-corrected chi connectivity index (χ1v) is 15.8. The summed E-state index contributed by atoms with van der Waals surface area (Å²) < 4.78 is 28.9. The fourth-order valence-electron chi connectivity index (χ4n) is 3.90. The number of urea groups is 1. The lowest BCUT2D eigenvalue weighted by Gasteiger charge is -2.16. The van der Waals surface area contributed by atoms with E-state index in [1.807, 2.05) is 46.3 Å². The summed E-state index contributed by atoms with van der Waals surface area (Å²) >= 11 is 8.64. The molecule has 0 spiro atoms. The number of likely N-dealkylation sites (N-methyl/N-ethyl adjacent to an activating group) is 1. The monoisotopic (exact) mass is 728 g/mol. The Balaban J connectivity index is 1.66. The molecule has 0 fully saturated rings. The number of sulfonamides is 1. The van der Waals surface area contributed by atoms with Gasteiger partial charge in [-0.05, 0) is 85.2 Å². The van der Waals surface area contributed by atoms with Crippen LogP contribution < -0.4 is 26.2 Å².